The Balaban J connectivity index is 3.13. The number of likely N-dealkylation sites (N-methyl/N-ethyl adjacent to an activating group) is 1. The lowest BCUT2D eigenvalue weighted by atomic mass is 10.1. The third-order valence-corrected chi connectivity index (χ3v) is 3.78. The minimum atomic E-state index is -1.00. The fraction of sp³-hybridized carbons (Fsp3) is 0.579. The highest BCUT2D eigenvalue weighted by Crippen LogP contribution is 2.20. The molecule has 0 atom stereocenters. The Morgan fingerprint density at radius 1 is 1.46 bits per heavy atom. The summed E-state index contributed by atoms with van der Waals surface area (Å²) in [6.07, 6.45) is 1.64. The highest BCUT2D eigenvalue weighted by molar-refractivity contribution is 6.01. The summed E-state index contributed by atoms with van der Waals surface area (Å²) >= 11 is 0. The second kappa shape index (κ2) is 7.67. The number of nitriles is 1. The molecule has 1 aromatic rings. The second-order valence-electron chi connectivity index (χ2n) is 7.47. The van der Waals surface area contributed by atoms with Crippen LogP contribution >= 0.6 is 0 Å². The number of carbonyl (C=O) groups excluding carboxylic acids is 1. The molecule has 0 unspecified atom stereocenters. The first-order chi connectivity index (χ1) is 11.0. The summed E-state index contributed by atoms with van der Waals surface area (Å²) < 4.78 is 2.20. The van der Waals surface area contributed by atoms with Crippen LogP contribution in [0.4, 0.5) is 0 Å². The van der Waals surface area contributed by atoms with E-state index in [2.05, 4.69) is 18.4 Å². The van der Waals surface area contributed by atoms with E-state index in [1.165, 1.54) is 4.90 Å². The molecule has 0 radical (unpaired) electrons. The molecule has 0 aliphatic heterocycles. The Bertz CT molecular complexity index is 670. The van der Waals surface area contributed by atoms with Gasteiger partial charge in [0.2, 0.25) is 0 Å². The van der Waals surface area contributed by atoms with Gasteiger partial charge in [-0.3, -0.25) is 4.79 Å². The van der Waals surface area contributed by atoms with Crippen LogP contribution in [-0.4, -0.2) is 39.7 Å². The zero-order valence-corrected chi connectivity index (χ0v) is 15.8. The molecule has 1 amide bonds. The summed E-state index contributed by atoms with van der Waals surface area (Å²) in [6, 6.07) is 3.99. The monoisotopic (exact) mass is 331 g/mol. The zero-order chi connectivity index (χ0) is 18.7. The Hall–Kier alpha value is -2.06. The molecule has 5 heteroatoms. The van der Waals surface area contributed by atoms with Gasteiger partial charge in [-0.2, -0.15) is 5.26 Å². The molecule has 132 valence electrons. The number of nitrogens with zero attached hydrogens (tertiary/aromatic N) is 3. The minimum absolute atomic E-state index is 0.0755. The van der Waals surface area contributed by atoms with E-state index in [0.717, 1.165) is 23.5 Å². The topological polar surface area (TPSA) is 69.3 Å². The molecule has 1 N–H and O–H groups in total. The van der Waals surface area contributed by atoms with Crippen molar-refractivity contribution < 1.29 is 9.90 Å². The molecule has 0 fully saturated rings. The van der Waals surface area contributed by atoms with Gasteiger partial charge in [0, 0.05) is 31.5 Å². The van der Waals surface area contributed by atoms with Crippen LogP contribution in [0.3, 0.4) is 0 Å². The van der Waals surface area contributed by atoms with Crippen molar-refractivity contribution in [2.75, 3.05) is 13.6 Å². The molecule has 0 bridgehead atoms. The lowest BCUT2D eigenvalue weighted by Crippen LogP contribution is -2.40. The molecule has 0 saturated heterocycles. The van der Waals surface area contributed by atoms with Crippen LogP contribution in [-0.2, 0) is 11.3 Å². The molecule has 24 heavy (non-hydrogen) atoms. The Labute approximate surface area is 145 Å². The molecular weight excluding hydrogens is 302 g/mol. The van der Waals surface area contributed by atoms with Crippen molar-refractivity contribution in [1.29, 1.82) is 5.26 Å². The van der Waals surface area contributed by atoms with Crippen LogP contribution in [0.2, 0.25) is 0 Å². The molecule has 0 spiro atoms. The number of carbonyl (C=O) groups is 1. The summed E-state index contributed by atoms with van der Waals surface area (Å²) in [5, 5.41) is 19.2. The van der Waals surface area contributed by atoms with Gasteiger partial charge >= 0.3 is 0 Å². The van der Waals surface area contributed by atoms with E-state index in [0.29, 0.717) is 5.92 Å². The third kappa shape index (κ3) is 5.24. The van der Waals surface area contributed by atoms with Gasteiger partial charge in [-0.05, 0) is 51.3 Å². The highest BCUT2D eigenvalue weighted by Gasteiger charge is 2.22. The summed E-state index contributed by atoms with van der Waals surface area (Å²) in [7, 11) is 1.59. The van der Waals surface area contributed by atoms with Gasteiger partial charge in [-0.15, -0.1) is 0 Å². The Morgan fingerprint density at radius 2 is 2.04 bits per heavy atom. The predicted octanol–water partition coefficient (Wildman–Crippen LogP) is 2.90. The molecule has 0 aliphatic carbocycles. The average Bonchev–Trinajstić information content (AvgIpc) is 2.69. The molecule has 0 aromatic carbocycles. The van der Waals surface area contributed by atoms with E-state index in [1.807, 2.05) is 26.0 Å². The molecule has 5 nitrogen and oxygen atoms in total. The number of hydrogen-bond donors (Lipinski definition) is 1. The first kappa shape index (κ1) is 20.0. The summed E-state index contributed by atoms with van der Waals surface area (Å²) in [5.41, 5.74) is 2.12. The van der Waals surface area contributed by atoms with Gasteiger partial charge in [0.15, 0.2) is 0 Å². The van der Waals surface area contributed by atoms with Crippen molar-refractivity contribution >= 4 is 12.0 Å². The second-order valence-corrected chi connectivity index (χ2v) is 7.47. The van der Waals surface area contributed by atoms with Crippen LogP contribution in [0.1, 0.15) is 44.6 Å². The van der Waals surface area contributed by atoms with E-state index >= 15 is 0 Å². The third-order valence-electron chi connectivity index (χ3n) is 3.78. The maximum Gasteiger partial charge on any atom is 0.264 e. The van der Waals surface area contributed by atoms with E-state index in [4.69, 9.17) is 0 Å². The standard InChI is InChI=1S/C19H29N3O2/c1-13(2)11-22-14(3)8-16(15(22)4)9-17(10-20)18(23)21(7)12-19(5,6)24/h8-9,13,24H,11-12H2,1-7H3/b17-9-. The molecule has 1 heterocycles. The SMILES string of the molecule is Cc1cc(/C=C(/C#N)C(=O)N(C)CC(C)(C)O)c(C)n1CC(C)C. The number of rotatable bonds is 6. The van der Waals surface area contributed by atoms with Crippen molar-refractivity contribution in [3.05, 3.63) is 28.6 Å². The van der Waals surface area contributed by atoms with Gasteiger partial charge in [-0.1, -0.05) is 13.8 Å². The molecular formula is C19H29N3O2. The highest BCUT2D eigenvalue weighted by atomic mass is 16.3. The fourth-order valence-electron chi connectivity index (χ4n) is 2.78. The lowest BCUT2D eigenvalue weighted by Gasteiger charge is -2.25. The summed E-state index contributed by atoms with van der Waals surface area (Å²) in [6.45, 7) is 12.7. The van der Waals surface area contributed by atoms with Crippen molar-refractivity contribution in [1.82, 2.24) is 9.47 Å². The first-order valence-electron chi connectivity index (χ1n) is 8.22. The summed E-state index contributed by atoms with van der Waals surface area (Å²) in [4.78, 5) is 13.8. The predicted molar refractivity (Wildman–Crippen MR) is 96.3 cm³/mol. The number of amides is 1. The van der Waals surface area contributed by atoms with E-state index in [-0.39, 0.29) is 18.0 Å². The van der Waals surface area contributed by atoms with Gasteiger partial charge in [0.05, 0.1) is 5.60 Å². The molecule has 0 saturated carbocycles. The van der Waals surface area contributed by atoms with Crippen molar-refractivity contribution in [3.8, 4) is 6.07 Å². The summed E-state index contributed by atoms with van der Waals surface area (Å²) in [5.74, 6) is 0.134. The smallest absolute Gasteiger partial charge is 0.264 e. The average molecular weight is 331 g/mol. The lowest BCUT2D eigenvalue weighted by molar-refractivity contribution is -0.128. The van der Waals surface area contributed by atoms with E-state index in [1.54, 1.807) is 27.0 Å². The van der Waals surface area contributed by atoms with Gasteiger partial charge < -0.3 is 14.6 Å². The van der Waals surface area contributed by atoms with Crippen LogP contribution in [0.15, 0.2) is 11.6 Å². The molecule has 1 aromatic heterocycles. The minimum Gasteiger partial charge on any atom is -0.389 e. The quantitative estimate of drug-likeness (QED) is 0.644. The number of hydrogen-bond acceptors (Lipinski definition) is 3. The molecule has 0 aliphatic rings. The van der Waals surface area contributed by atoms with E-state index < -0.39 is 5.60 Å². The number of aryl methyl sites for hydroxylation is 1. The van der Waals surface area contributed by atoms with Gasteiger partial charge in [0.1, 0.15) is 11.6 Å². The number of aliphatic hydroxyl groups is 1. The van der Waals surface area contributed by atoms with Crippen molar-refractivity contribution in [3.63, 3.8) is 0 Å². The normalized spacial score (nSPS) is 12.4. The van der Waals surface area contributed by atoms with E-state index in [9.17, 15) is 15.2 Å². The van der Waals surface area contributed by atoms with Crippen LogP contribution < -0.4 is 0 Å². The maximum atomic E-state index is 12.5. The largest absolute Gasteiger partial charge is 0.389 e. The van der Waals surface area contributed by atoms with Gasteiger partial charge in [-0.25, -0.2) is 0 Å². The number of aromatic nitrogens is 1. The van der Waals surface area contributed by atoms with Crippen molar-refractivity contribution in [2.45, 2.75) is 53.7 Å². The Morgan fingerprint density at radius 3 is 2.50 bits per heavy atom. The van der Waals surface area contributed by atoms with Crippen LogP contribution in [0.25, 0.3) is 6.08 Å². The zero-order valence-electron chi connectivity index (χ0n) is 15.8. The van der Waals surface area contributed by atoms with Gasteiger partial charge in [0.25, 0.3) is 5.91 Å². The maximum absolute atomic E-state index is 12.5. The van der Waals surface area contributed by atoms with Crippen LogP contribution in [0, 0.1) is 31.1 Å². The fourth-order valence-corrected chi connectivity index (χ4v) is 2.78. The van der Waals surface area contributed by atoms with Crippen molar-refractivity contribution in [2.24, 2.45) is 5.92 Å². The first-order valence-corrected chi connectivity index (χ1v) is 8.22. The Kier molecular flexibility index (Phi) is 6.39. The van der Waals surface area contributed by atoms with Crippen LogP contribution in [0.5, 0.6) is 0 Å². The molecule has 1 rings (SSSR count).